The van der Waals surface area contributed by atoms with Crippen molar-refractivity contribution in [3.05, 3.63) is 28.7 Å². The Kier molecular flexibility index (Phi) is 3.37. The van der Waals surface area contributed by atoms with Crippen LogP contribution in [-0.2, 0) is 4.79 Å². The van der Waals surface area contributed by atoms with Crippen LogP contribution in [0.5, 0.6) is 0 Å². The summed E-state index contributed by atoms with van der Waals surface area (Å²) < 4.78 is 1.01. The summed E-state index contributed by atoms with van der Waals surface area (Å²) in [6.45, 7) is 3.22. The normalized spacial score (nSPS) is 11.5. The molecule has 0 aliphatic carbocycles. The molecular weight excluding hydrogens is 230 g/mol. The van der Waals surface area contributed by atoms with E-state index < -0.39 is 0 Å². The maximum Gasteiger partial charge on any atom is 0.173 e. The largest absolute Gasteiger partial charge is 0.293 e. The molecule has 0 aliphatic heterocycles. The summed E-state index contributed by atoms with van der Waals surface area (Å²) in [6, 6.07) is 7.51. The van der Waals surface area contributed by atoms with Crippen LogP contribution < -0.4 is 0 Å². The van der Waals surface area contributed by atoms with Gasteiger partial charge in [0.1, 0.15) is 0 Å². The summed E-state index contributed by atoms with van der Waals surface area (Å²) in [6.07, 6.45) is 0. The standard InChI is InChI=1S/C10H10BrNO/c1-7(8(2)13)12-10-5-3-9(11)4-6-10/h3-6H,1-2H3. The lowest BCUT2D eigenvalue weighted by Gasteiger charge is -1.96. The quantitative estimate of drug-likeness (QED) is 0.730. The number of halogens is 1. The van der Waals surface area contributed by atoms with Crippen LogP contribution in [0.4, 0.5) is 5.69 Å². The van der Waals surface area contributed by atoms with Crippen molar-refractivity contribution >= 4 is 33.1 Å². The van der Waals surface area contributed by atoms with Crippen LogP contribution in [0.2, 0.25) is 0 Å². The van der Waals surface area contributed by atoms with Crippen molar-refractivity contribution in [2.24, 2.45) is 4.99 Å². The molecule has 2 nitrogen and oxygen atoms in total. The maximum absolute atomic E-state index is 10.9. The molecule has 0 saturated carbocycles. The Morgan fingerprint density at radius 1 is 1.23 bits per heavy atom. The smallest absolute Gasteiger partial charge is 0.173 e. The van der Waals surface area contributed by atoms with Crippen molar-refractivity contribution in [3.8, 4) is 0 Å². The number of nitrogens with zero attached hydrogens (tertiary/aromatic N) is 1. The van der Waals surface area contributed by atoms with E-state index in [1.54, 1.807) is 6.92 Å². The monoisotopic (exact) mass is 239 g/mol. The van der Waals surface area contributed by atoms with Crippen molar-refractivity contribution in [1.82, 2.24) is 0 Å². The van der Waals surface area contributed by atoms with Gasteiger partial charge in [-0.15, -0.1) is 0 Å². The fourth-order valence-corrected chi connectivity index (χ4v) is 1.05. The summed E-state index contributed by atoms with van der Waals surface area (Å²) in [5.74, 6) is 0.00270. The van der Waals surface area contributed by atoms with Gasteiger partial charge in [0.15, 0.2) is 5.78 Å². The Bertz CT molecular complexity index is 340. The second kappa shape index (κ2) is 4.33. The zero-order chi connectivity index (χ0) is 9.84. The van der Waals surface area contributed by atoms with Gasteiger partial charge in [-0.05, 0) is 31.2 Å². The number of hydrogen-bond acceptors (Lipinski definition) is 2. The molecule has 1 rings (SSSR count). The summed E-state index contributed by atoms with van der Waals surface area (Å²) in [5.41, 5.74) is 1.33. The van der Waals surface area contributed by atoms with E-state index in [-0.39, 0.29) is 5.78 Å². The molecule has 68 valence electrons. The molecule has 0 amide bonds. The summed E-state index contributed by atoms with van der Waals surface area (Å²) in [5, 5.41) is 0. The summed E-state index contributed by atoms with van der Waals surface area (Å²) >= 11 is 3.33. The van der Waals surface area contributed by atoms with Gasteiger partial charge in [0.05, 0.1) is 11.4 Å². The fraction of sp³-hybridized carbons (Fsp3) is 0.200. The highest BCUT2D eigenvalue weighted by atomic mass is 79.9. The van der Waals surface area contributed by atoms with Crippen molar-refractivity contribution in [2.45, 2.75) is 13.8 Å². The SMILES string of the molecule is CC(=O)C(C)=Nc1ccc(Br)cc1. The van der Waals surface area contributed by atoms with Crippen LogP contribution in [0.3, 0.4) is 0 Å². The lowest BCUT2D eigenvalue weighted by molar-refractivity contribution is -0.111. The predicted molar refractivity (Wildman–Crippen MR) is 57.6 cm³/mol. The third-order valence-corrected chi connectivity index (χ3v) is 2.16. The molecule has 0 N–H and O–H groups in total. The average Bonchev–Trinajstić information content (AvgIpc) is 2.08. The molecule has 0 fully saturated rings. The molecule has 3 heteroatoms. The maximum atomic E-state index is 10.9. The highest BCUT2D eigenvalue weighted by molar-refractivity contribution is 9.10. The van der Waals surface area contributed by atoms with E-state index in [1.165, 1.54) is 6.92 Å². The molecule has 0 heterocycles. The second-order valence-corrected chi connectivity index (χ2v) is 3.65. The van der Waals surface area contributed by atoms with Crippen molar-refractivity contribution in [2.75, 3.05) is 0 Å². The lowest BCUT2D eigenvalue weighted by Crippen LogP contribution is -2.03. The Hall–Kier alpha value is -0.960. The molecule has 0 spiro atoms. The minimum Gasteiger partial charge on any atom is -0.293 e. The number of hydrogen-bond donors (Lipinski definition) is 0. The zero-order valence-corrected chi connectivity index (χ0v) is 9.13. The van der Waals surface area contributed by atoms with E-state index >= 15 is 0 Å². The average molecular weight is 240 g/mol. The highest BCUT2D eigenvalue weighted by Crippen LogP contribution is 2.16. The van der Waals surface area contributed by atoms with E-state index in [9.17, 15) is 4.79 Å². The minimum absolute atomic E-state index is 0.00270. The molecule has 1 aromatic carbocycles. The first-order chi connectivity index (χ1) is 6.09. The topological polar surface area (TPSA) is 29.4 Å². The lowest BCUT2D eigenvalue weighted by atomic mass is 10.3. The summed E-state index contributed by atoms with van der Waals surface area (Å²) in [7, 11) is 0. The van der Waals surface area contributed by atoms with Crippen LogP contribution in [0.25, 0.3) is 0 Å². The third-order valence-electron chi connectivity index (χ3n) is 1.63. The number of carbonyl (C=O) groups excluding carboxylic acids is 1. The van der Waals surface area contributed by atoms with Gasteiger partial charge in [-0.3, -0.25) is 9.79 Å². The fourth-order valence-electron chi connectivity index (χ4n) is 0.788. The van der Waals surface area contributed by atoms with Crippen molar-refractivity contribution in [3.63, 3.8) is 0 Å². The van der Waals surface area contributed by atoms with Gasteiger partial charge >= 0.3 is 0 Å². The van der Waals surface area contributed by atoms with Gasteiger partial charge in [0, 0.05) is 11.4 Å². The van der Waals surface area contributed by atoms with Crippen molar-refractivity contribution in [1.29, 1.82) is 0 Å². The summed E-state index contributed by atoms with van der Waals surface area (Å²) in [4.78, 5) is 15.0. The van der Waals surface area contributed by atoms with Gasteiger partial charge in [0.2, 0.25) is 0 Å². The van der Waals surface area contributed by atoms with E-state index in [0.29, 0.717) is 5.71 Å². The number of rotatable bonds is 2. The molecule has 0 unspecified atom stereocenters. The van der Waals surface area contributed by atoms with Crippen LogP contribution >= 0.6 is 15.9 Å². The molecule has 0 atom stereocenters. The molecule has 1 aromatic rings. The first-order valence-electron chi connectivity index (χ1n) is 3.91. The molecule has 0 aliphatic rings. The van der Waals surface area contributed by atoms with E-state index in [4.69, 9.17) is 0 Å². The second-order valence-electron chi connectivity index (χ2n) is 2.73. The van der Waals surface area contributed by atoms with Crippen LogP contribution in [0, 0.1) is 0 Å². The predicted octanol–water partition coefficient (Wildman–Crippen LogP) is 3.13. The zero-order valence-electron chi connectivity index (χ0n) is 7.54. The Morgan fingerprint density at radius 2 is 1.77 bits per heavy atom. The molecule has 0 bridgehead atoms. The van der Waals surface area contributed by atoms with Crippen molar-refractivity contribution < 1.29 is 4.79 Å². The van der Waals surface area contributed by atoms with Gasteiger partial charge in [-0.25, -0.2) is 0 Å². The number of Topliss-reactive ketones (excluding diaryl/α,β-unsaturated/α-hetero) is 1. The molecule has 0 aromatic heterocycles. The number of ketones is 1. The number of aliphatic imine (C=N–C) groups is 1. The van der Waals surface area contributed by atoms with Crippen LogP contribution in [0.15, 0.2) is 33.7 Å². The van der Waals surface area contributed by atoms with E-state index in [0.717, 1.165) is 10.2 Å². The first kappa shape index (κ1) is 10.1. The number of carbonyl (C=O) groups is 1. The Morgan fingerprint density at radius 3 is 2.23 bits per heavy atom. The van der Waals surface area contributed by atoms with Gasteiger partial charge in [-0.2, -0.15) is 0 Å². The Labute approximate surface area is 85.8 Å². The van der Waals surface area contributed by atoms with Gasteiger partial charge in [-0.1, -0.05) is 15.9 Å². The minimum atomic E-state index is 0.00270. The third kappa shape index (κ3) is 3.11. The first-order valence-corrected chi connectivity index (χ1v) is 4.70. The van der Waals surface area contributed by atoms with Crippen LogP contribution in [-0.4, -0.2) is 11.5 Å². The van der Waals surface area contributed by atoms with Gasteiger partial charge < -0.3 is 0 Å². The molecule has 13 heavy (non-hydrogen) atoms. The molecule has 0 radical (unpaired) electrons. The van der Waals surface area contributed by atoms with E-state index in [2.05, 4.69) is 20.9 Å². The van der Waals surface area contributed by atoms with E-state index in [1.807, 2.05) is 24.3 Å². The molecular formula is C10H10BrNO. The van der Waals surface area contributed by atoms with Crippen LogP contribution in [0.1, 0.15) is 13.8 Å². The Balaban J connectivity index is 2.92. The number of benzene rings is 1. The molecule has 0 saturated heterocycles. The highest BCUT2D eigenvalue weighted by Gasteiger charge is 1.97. The van der Waals surface area contributed by atoms with Gasteiger partial charge in [0.25, 0.3) is 0 Å².